The predicted molar refractivity (Wildman–Crippen MR) is 60.7 cm³/mol. The van der Waals surface area contributed by atoms with Gasteiger partial charge in [-0.25, -0.2) is 18.7 Å². The second-order valence-corrected chi connectivity index (χ2v) is 3.98. The monoisotopic (exact) mass is 234 g/mol. The number of hydrogen-bond donors (Lipinski definition) is 0. The van der Waals surface area contributed by atoms with Crippen LogP contribution in [0, 0.1) is 25.5 Å². The second kappa shape index (κ2) is 4.57. The zero-order chi connectivity index (χ0) is 12.4. The van der Waals surface area contributed by atoms with Crippen molar-refractivity contribution in [2.24, 2.45) is 0 Å². The molecule has 0 atom stereocenters. The Bertz CT molecular complexity index is 513. The van der Waals surface area contributed by atoms with Gasteiger partial charge in [0.2, 0.25) is 0 Å². The molecule has 0 bridgehead atoms. The molecule has 2 aromatic rings. The molecule has 0 N–H and O–H groups in total. The Labute approximate surface area is 98.4 Å². The van der Waals surface area contributed by atoms with Crippen LogP contribution in [0.5, 0.6) is 0 Å². The van der Waals surface area contributed by atoms with Gasteiger partial charge in [-0.1, -0.05) is 0 Å². The van der Waals surface area contributed by atoms with Gasteiger partial charge in [0.05, 0.1) is 0 Å². The minimum absolute atomic E-state index is 0.438. The molecule has 0 amide bonds. The Kier molecular flexibility index (Phi) is 3.13. The SMILES string of the molecule is Cc1ncnc(C)c1Cc1cc(F)cc(F)c1. The van der Waals surface area contributed by atoms with Crippen molar-refractivity contribution in [2.75, 3.05) is 0 Å². The second-order valence-electron chi connectivity index (χ2n) is 3.98. The van der Waals surface area contributed by atoms with Crippen LogP contribution >= 0.6 is 0 Å². The molecule has 0 fully saturated rings. The normalized spacial score (nSPS) is 10.6. The minimum atomic E-state index is -0.563. The fourth-order valence-electron chi connectivity index (χ4n) is 1.79. The van der Waals surface area contributed by atoms with Crippen molar-refractivity contribution in [2.45, 2.75) is 20.3 Å². The highest BCUT2D eigenvalue weighted by atomic mass is 19.1. The predicted octanol–water partition coefficient (Wildman–Crippen LogP) is 2.96. The first-order valence-electron chi connectivity index (χ1n) is 5.28. The van der Waals surface area contributed by atoms with E-state index in [2.05, 4.69) is 9.97 Å². The van der Waals surface area contributed by atoms with Crippen LogP contribution in [0.25, 0.3) is 0 Å². The summed E-state index contributed by atoms with van der Waals surface area (Å²) >= 11 is 0. The molecule has 1 aromatic carbocycles. The maximum absolute atomic E-state index is 13.1. The van der Waals surface area contributed by atoms with E-state index in [1.54, 1.807) is 0 Å². The van der Waals surface area contributed by atoms with Gasteiger partial charge in [-0.2, -0.15) is 0 Å². The molecule has 0 aliphatic rings. The van der Waals surface area contributed by atoms with Gasteiger partial charge in [-0.05, 0) is 37.1 Å². The Morgan fingerprint density at radius 3 is 2.00 bits per heavy atom. The zero-order valence-electron chi connectivity index (χ0n) is 9.67. The molecule has 0 aliphatic heterocycles. The van der Waals surface area contributed by atoms with Gasteiger partial charge in [-0.15, -0.1) is 0 Å². The van der Waals surface area contributed by atoms with Crippen molar-refractivity contribution < 1.29 is 8.78 Å². The average molecular weight is 234 g/mol. The number of benzene rings is 1. The summed E-state index contributed by atoms with van der Waals surface area (Å²) in [6.07, 6.45) is 1.92. The molecule has 0 radical (unpaired) electrons. The molecular formula is C13H12F2N2. The van der Waals surface area contributed by atoms with E-state index in [0.29, 0.717) is 12.0 Å². The quantitative estimate of drug-likeness (QED) is 0.798. The highest BCUT2D eigenvalue weighted by Crippen LogP contribution is 2.16. The van der Waals surface area contributed by atoms with Gasteiger partial charge < -0.3 is 0 Å². The van der Waals surface area contributed by atoms with Gasteiger partial charge in [0.1, 0.15) is 18.0 Å². The van der Waals surface area contributed by atoms with Crippen molar-refractivity contribution >= 4 is 0 Å². The Hall–Kier alpha value is -1.84. The number of nitrogens with zero attached hydrogens (tertiary/aromatic N) is 2. The molecule has 17 heavy (non-hydrogen) atoms. The zero-order valence-corrected chi connectivity index (χ0v) is 9.67. The highest BCUT2D eigenvalue weighted by molar-refractivity contribution is 5.31. The maximum atomic E-state index is 13.1. The molecule has 2 rings (SSSR count). The Morgan fingerprint density at radius 2 is 1.47 bits per heavy atom. The van der Waals surface area contributed by atoms with Crippen molar-refractivity contribution in [1.82, 2.24) is 9.97 Å². The third-order valence-electron chi connectivity index (χ3n) is 2.68. The molecule has 1 aromatic heterocycles. The highest BCUT2D eigenvalue weighted by Gasteiger charge is 2.07. The standard InChI is InChI=1S/C13H12F2N2/c1-8-13(9(2)17-7-16-8)5-10-3-11(14)6-12(15)4-10/h3-4,6-7H,5H2,1-2H3. The lowest BCUT2D eigenvalue weighted by Crippen LogP contribution is -2.01. The van der Waals surface area contributed by atoms with Crippen LogP contribution in [-0.4, -0.2) is 9.97 Å². The maximum Gasteiger partial charge on any atom is 0.126 e. The number of hydrogen-bond acceptors (Lipinski definition) is 2. The van der Waals surface area contributed by atoms with E-state index in [4.69, 9.17) is 0 Å². The van der Waals surface area contributed by atoms with E-state index < -0.39 is 11.6 Å². The molecule has 0 unspecified atom stereocenters. The van der Waals surface area contributed by atoms with E-state index >= 15 is 0 Å². The van der Waals surface area contributed by atoms with Crippen LogP contribution in [-0.2, 0) is 6.42 Å². The summed E-state index contributed by atoms with van der Waals surface area (Å²) < 4.78 is 26.1. The fraction of sp³-hybridized carbons (Fsp3) is 0.231. The van der Waals surface area contributed by atoms with E-state index in [9.17, 15) is 8.78 Å². The lowest BCUT2D eigenvalue weighted by Gasteiger charge is -2.08. The van der Waals surface area contributed by atoms with Crippen LogP contribution in [0.1, 0.15) is 22.5 Å². The fourth-order valence-corrected chi connectivity index (χ4v) is 1.79. The molecule has 0 saturated carbocycles. The van der Waals surface area contributed by atoms with Crippen LogP contribution < -0.4 is 0 Å². The van der Waals surface area contributed by atoms with Crippen LogP contribution in [0.4, 0.5) is 8.78 Å². The molecule has 1 heterocycles. The average Bonchev–Trinajstić information content (AvgIpc) is 2.22. The van der Waals surface area contributed by atoms with E-state index in [1.807, 2.05) is 13.8 Å². The number of rotatable bonds is 2. The van der Waals surface area contributed by atoms with Crippen LogP contribution in [0.3, 0.4) is 0 Å². The first-order valence-corrected chi connectivity index (χ1v) is 5.28. The van der Waals surface area contributed by atoms with E-state index in [-0.39, 0.29) is 0 Å². The number of aromatic nitrogens is 2. The summed E-state index contributed by atoms with van der Waals surface area (Å²) in [6, 6.07) is 3.52. The van der Waals surface area contributed by atoms with Gasteiger partial charge in [0.25, 0.3) is 0 Å². The smallest absolute Gasteiger partial charge is 0.126 e. The lowest BCUT2D eigenvalue weighted by atomic mass is 10.0. The number of aryl methyl sites for hydroxylation is 2. The van der Waals surface area contributed by atoms with E-state index in [1.165, 1.54) is 18.5 Å². The third kappa shape index (κ3) is 2.64. The molecule has 4 heteroatoms. The summed E-state index contributed by atoms with van der Waals surface area (Å²) in [5.41, 5.74) is 3.17. The van der Waals surface area contributed by atoms with Crippen molar-refractivity contribution in [3.8, 4) is 0 Å². The summed E-state index contributed by atoms with van der Waals surface area (Å²) in [7, 11) is 0. The lowest BCUT2D eigenvalue weighted by molar-refractivity contribution is 0.580. The molecule has 2 nitrogen and oxygen atoms in total. The first kappa shape index (κ1) is 11.6. The topological polar surface area (TPSA) is 25.8 Å². The molecule has 0 aliphatic carbocycles. The minimum Gasteiger partial charge on any atom is -0.241 e. The molecule has 88 valence electrons. The van der Waals surface area contributed by atoms with E-state index in [0.717, 1.165) is 23.0 Å². The largest absolute Gasteiger partial charge is 0.241 e. The van der Waals surface area contributed by atoms with Crippen molar-refractivity contribution in [3.05, 3.63) is 58.7 Å². The van der Waals surface area contributed by atoms with Gasteiger partial charge in [0.15, 0.2) is 0 Å². The van der Waals surface area contributed by atoms with Crippen LogP contribution in [0.2, 0.25) is 0 Å². The first-order chi connectivity index (χ1) is 8.06. The summed E-state index contributed by atoms with van der Waals surface area (Å²) in [6.45, 7) is 3.72. The van der Waals surface area contributed by atoms with Crippen molar-refractivity contribution in [1.29, 1.82) is 0 Å². The summed E-state index contributed by atoms with van der Waals surface area (Å²) in [4.78, 5) is 8.16. The molecule has 0 saturated heterocycles. The van der Waals surface area contributed by atoms with Crippen molar-refractivity contribution in [3.63, 3.8) is 0 Å². The van der Waals surface area contributed by atoms with Crippen LogP contribution in [0.15, 0.2) is 24.5 Å². The van der Waals surface area contributed by atoms with Gasteiger partial charge in [0, 0.05) is 23.9 Å². The summed E-state index contributed by atoms with van der Waals surface area (Å²) in [5.74, 6) is -1.13. The Morgan fingerprint density at radius 1 is 0.941 bits per heavy atom. The van der Waals surface area contributed by atoms with Gasteiger partial charge >= 0.3 is 0 Å². The summed E-state index contributed by atoms with van der Waals surface area (Å²) in [5, 5.41) is 0. The molecule has 0 spiro atoms. The van der Waals surface area contributed by atoms with Gasteiger partial charge in [-0.3, -0.25) is 0 Å². The number of halogens is 2. The Balaban J connectivity index is 2.38. The third-order valence-corrected chi connectivity index (χ3v) is 2.68. The molecular weight excluding hydrogens is 222 g/mol.